The van der Waals surface area contributed by atoms with Gasteiger partial charge in [0, 0.05) is 6.54 Å². The van der Waals surface area contributed by atoms with Gasteiger partial charge in [-0.3, -0.25) is 9.69 Å². The molecule has 0 radical (unpaired) electrons. The van der Waals surface area contributed by atoms with Gasteiger partial charge < -0.3 is 9.47 Å². The molecular formula is C21H17NO4S2. The molecule has 0 N–H and O–H groups in total. The Morgan fingerprint density at radius 3 is 2.64 bits per heavy atom. The number of rotatable bonds is 6. The van der Waals surface area contributed by atoms with E-state index in [-0.39, 0.29) is 5.91 Å². The molecule has 2 aromatic rings. The van der Waals surface area contributed by atoms with Crippen LogP contribution in [0.4, 0.5) is 0 Å². The quantitative estimate of drug-likeness (QED) is 0.232. The van der Waals surface area contributed by atoms with Crippen molar-refractivity contribution < 1.29 is 19.1 Å². The summed E-state index contributed by atoms with van der Waals surface area (Å²) in [4.78, 5) is 26.7. The summed E-state index contributed by atoms with van der Waals surface area (Å²) in [6, 6.07) is 13.8. The maximum Gasteiger partial charge on any atom is 0.343 e. The number of carbonyl (C=O) groups is 2. The monoisotopic (exact) mass is 411 g/mol. The van der Waals surface area contributed by atoms with E-state index >= 15 is 0 Å². The zero-order chi connectivity index (χ0) is 20.1. The number of esters is 1. The number of benzene rings is 2. The van der Waals surface area contributed by atoms with Crippen LogP contribution in [0, 0.1) is 0 Å². The molecule has 1 aliphatic heterocycles. The lowest BCUT2D eigenvalue weighted by molar-refractivity contribution is -0.121. The Balaban J connectivity index is 1.82. The molecule has 1 heterocycles. The Morgan fingerprint density at radius 2 is 1.96 bits per heavy atom. The number of carbonyl (C=O) groups excluding carboxylic acids is 2. The first kappa shape index (κ1) is 19.9. The molecule has 1 amide bonds. The fourth-order valence-corrected chi connectivity index (χ4v) is 3.80. The van der Waals surface area contributed by atoms with E-state index in [1.165, 1.54) is 23.8 Å². The number of hydrogen-bond donors (Lipinski definition) is 0. The lowest BCUT2D eigenvalue weighted by Gasteiger charge is -2.11. The summed E-state index contributed by atoms with van der Waals surface area (Å²) in [6.07, 6.45) is 3.36. The highest BCUT2D eigenvalue weighted by atomic mass is 32.2. The maximum atomic E-state index is 12.4. The van der Waals surface area contributed by atoms with Crippen molar-refractivity contribution >= 4 is 46.3 Å². The van der Waals surface area contributed by atoms with Crippen molar-refractivity contribution in [1.82, 2.24) is 4.90 Å². The third kappa shape index (κ3) is 4.32. The van der Waals surface area contributed by atoms with Crippen LogP contribution in [-0.2, 0) is 4.79 Å². The van der Waals surface area contributed by atoms with Gasteiger partial charge in [0.15, 0.2) is 11.5 Å². The highest BCUT2D eigenvalue weighted by molar-refractivity contribution is 8.26. The summed E-state index contributed by atoms with van der Waals surface area (Å²) in [5.41, 5.74) is 1.18. The van der Waals surface area contributed by atoms with Gasteiger partial charge in [-0.1, -0.05) is 54.3 Å². The van der Waals surface area contributed by atoms with Gasteiger partial charge in [-0.05, 0) is 35.9 Å². The van der Waals surface area contributed by atoms with E-state index in [0.29, 0.717) is 32.8 Å². The predicted molar refractivity (Wildman–Crippen MR) is 114 cm³/mol. The summed E-state index contributed by atoms with van der Waals surface area (Å²) < 4.78 is 11.3. The summed E-state index contributed by atoms with van der Waals surface area (Å²) in [7, 11) is 1.49. The Labute approximate surface area is 172 Å². The van der Waals surface area contributed by atoms with Crippen LogP contribution >= 0.6 is 24.0 Å². The molecule has 5 nitrogen and oxygen atoms in total. The van der Waals surface area contributed by atoms with Gasteiger partial charge in [0.1, 0.15) is 4.32 Å². The van der Waals surface area contributed by atoms with Crippen LogP contribution in [0.25, 0.3) is 6.08 Å². The number of thiocarbonyl (C=S) groups is 1. The van der Waals surface area contributed by atoms with Crippen molar-refractivity contribution in [2.75, 3.05) is 13.7 Å². The van der Waals surface area contributed by atoms with Crippen molar-refractivity contribution in [3.8, 4) is 11.5 Å². The molecule has 0 atom stereocenters. The average molecular weight is 412 g/mol. The molecule has 28 heavy (non-hydrogen) atoms. The third-order valence-electron chi connectivity index (χ3n) is 3.88. The highest BCUT2D eigenvalue weighted by Gasteiger charge is 2.31. The van der Waals surface area contributed by atoms with Gasteiger partial charge in [0.05, 0.1) is 17.6 Å². The van der Waals surface area contributed by atoms with E-state index < -0.39 is 5.97 Å². The van der Waals surface area contributed by atoms with Crippen LogP contribution in [-0.4, -0.2) is 34.8 Å². The van der Waals surface area contributed by atoms with Crippen LogP contribution in [0.1, 0.15) is 15.9 Å². The first-order valence-corrected chi connectivity index (χ1v) is 9.57. The van der Waals surface area contributed by atoms with E-state index in [1.54, 1.807) is 54.6 Å². The van der Waals surface area contributed by atoms with Crippen molar-refractivity contribution in [3.05, 3.63) is 77.2 Å². The molecule has 1 saturated heterocycles. The maximum absolute atomic E-state index is 12.4. The van der Waals surface area contributed by atoms with Crippen LogP contribution < -0.4 is 9.47 Å². The lowest BCUT2D eigenvalue weighted by Crippen LogP contribution is -2.27. The molecule has 7 heteroatoms. The standard InChI is InChI=1S/C21H17NO4S2/c1-3-11-22-19(23)18(28-21(22)27)13-14-9-10-16(17(12-14)25-2)26-20(24)15-7-5-4-6-8-15/h3-10,12-13H,1,11H2,2H3. The molecule has 0 saturated carbocycles. The topological polar surface area (TPSA) is 55.8 Å². The molecule has 0 bridgehead atoms. The Morgan fingerprint density at radius 1 is 1.21 bits per heavy atom. The molecule has 142 valence electrons. The number of amides is 1. The van der Waals surface area contributed by atoms with Crippen molar-refractivity contribution in [1.29, 1.82) is 0 Å². The normalized spacial score (nSPS) is 15.0. The van der Waals surface area contributed by atoms with Gasteiger partial charge in [-0.25, -0.2) is 4.79 Å². The molecule has 2 aromatic carbocycles. The Hall–Kier alpha value is -2.90. The number of thioether (sulfide) groups is 1. The summed E-state index contributed by atoms with van der Waals surface area (Å²) in [5, 5.41) is 0. The van der Waals surface area contributed by atoms with E-state index in [2.05, 4.69) is 6.58 Å². The minimum Gasteiger partial charge on any atom is -0.493 e. The summed E-state index contributed by atoms with van der Waals surface area (Å²) >= 11 is 6.47. The summed E-state index contributed by atoms with van der Waals surface area (Å²) in [6.45, 7) is 4.01. The molecule has 0 unspecified atom stereocenters. The minimum atomic E-state index is -0.475. The zero-order valence-electron chi connectivity index (χ0n) is 15.1. The van der Waals surface area contributed by atoms with E-state index in [4.69, 9.17) is 21.7 Å². The average Bonchev–Trinajstić information content (AvgIpc) is 2.97. The van der Waals surface area contributed by atoms with Crippen molar-refractivity contribution in [3.63, 3.8) is 0 Å². The largest absolute Gasteiger partial charge is 0.493 e. The van der Waals surface area contributed by atoms with Gasteiger partial charge in [-0.2, -0.15) is 0 Å². The smallest absolute Gasteiger partial charge is 0.343 e. The number of hydrogen-bond acceptors (Lipinski definition) is 6. The number of methoxy groups -OCH3 is 1. The minimum absolute atomic E-state index is 0.159. The van der Waals surface area contributed by atoms with E-state index in [0.717, 1.165) is 5.56 Å². The third-order valence-corrected chi connectivity index (χ3v) is 5.26. The van der Waals surface area contributed by atoms with Crippen molar-refractivity contribution in [2.45, 2.75) is 0 Å². The van der Waals surface area contributed by atoms with E-state index in [1.807, 2.05) is 6.07 Å². The SMILES string of the molecule is C=CCN1C(=O)C(=Cc2ccc(OC(=O)c3ccccc3)c(OC)c2)SC1=S. The fraction of sp³-hybridized carbons (Fsp3) is 0.0952. The Kier molecular flexibility index (Phi) is 6.28. The number of nitrogens with zero attached hydrogens (tertiary/aromatic N) is 1. The van der Waals surface area contributed by atoms with Crippen LogP contribution in [0.2, 0.25) is 0 Å². The number of ether oxygens (including phenoxy) is 2. The predicted octanol–water partition coefficient (Wildman–Crippen LogP) is 4.30. The molecule has 0 aromatic heterocycles. The fourth-order valence-electron chi connectivity index (χ4n) is 2.53. The van der Waals surface area contributed by atoms with Gasteiger partial charge in [0.2, 0.25) is 0 Å². The second kappa shape index (κ2) is 8.86. The molecular weight excluding hydrogens is 394 g/mol. The van der Waals surface area contributed by atoms with Crippen LogP contribution in [0.3, 0.4) is 0 Å². The first-order chi connectivity index (χ1) is 13.5. The zero-order valence-corrected chi connectivity index (χ0v) is 16.7. The van der Waals surface area contributed by atoms with Gasteiger partial charge in [0.25, 0.3) is 5.91 Å². The van der Waals surface area contributed by atoms with Crippen LogP contribution in [0.15, 0.2) is 66.1 Å². The van der Waals surface area contributed by atoms with Crippen molar-refractivity contribution in [2.24, 2.45) is 0 Å². The molecule has 0 aliphatic carbocycles. The Bertz CT molecular complexity index is 970. The molecule has 1 aliphatic rings. The second-order valence-corrected chi connectivity index (χ2v) is 7.42. The summed E-state index contributed by atoms with van der Waals surface area (Å²) in [5.74, 6) is 0.0534. The first-order valence-electron chi connectivity index (χ1n) is 8.35. The second-order valence-electron chi connectivity index (χ2n) is 5.75. The highest BCUT2D eigenvalue weighted by Crippen LogP contribution is 2.34. The van der Waals surface area contributed by atoms with E-state index in [9.17, 15) is 9.59 Å². The lowest BCUT2D eigenvalue weighted by atomic mass is 10.1. The van der Waals surface area contributed by atoms with Gasteiger partial charge >= 0.3 is 5.97 Å². The van der Waals surface area contributed by atoms with Gasteiger partial charge in [-0.15, -0.1) is 6.58 Å². The van der Waals surface area contributed by atoms with Crippen LogP contribution in [0.5, 0.6) is 11.5 Å². The molecule has 3 rings (SSSR count). The molecule has 1 fully saturated rings. The molecule has 0 spiro atoms.